The van der Waals surface area contributed by atoms with E-state index in [9.17, 15) is 0 Å². The third kappa shape index (κ3) is 3.08. The van der Waals surface area contributed by atoms with Crippen LogP contribution in [0.4, 0.5) is 0 Å². The van der Waals surface area contributed by atoms with E-state index in [0.717, 1.165) is 45.1 Å². The van der Waals surface area contributed by atoms with Gasteiger partial charge in [0.05, 0.1) is 0 Å². The van der Waals surface area contributed by atoms with Gasteiger partial charge in [-0.1, -0.05) is 12.1 Å². The Morgan fingerprint density at radius 3 is 2.84 bits per heavy atom. The molecule has 0 atom stereocenters. The van der Waals surface area contributed by atoms with Gasteiger partial charge < -0.3 is 15.0 Å². The minimum Gasteiger partial charge on any atom is -0.492 e. The van der Waals surface area contributed by atoms with Crippen molar-refractivity contribution in [1.82, 2.24) is 15.1 Å². The maximum atomic E-state index is 5.98. The second-order valence-corrected chi connectivity index (χ2v) is 5.49. The minimum atomic E-state index is 0.792. The molecule has 104 valence electrons. The molecule has 0 amide bonds. The maximum absolute atomic E-state index is 5.98. The monoisotopic (exact) mass is 261 g/mol. The maximum Gasteiger partial charge on any atom is 0.124 e. The van der Waals surface area contributed by atoms with Crippen LogP contribution in [0.5, 0.6) is 5.75 Å². The molecule has 1 saturated heterocycles. The van der Waals surface area contributed by atoms with E-state index in [0.29, 0.717) is 0 Å². The Hall–Kier alpha value is -1.10. The van der Waals surface area contributed by atoms with Crippen LogP contribution in [0.3, 0.4) is 0 Å². The zero-order chi connectivity index (χ0) is 13.1. The van der Waals surface area contributed by atoms with Gasteiger partial charge in [0.15, 0.2) is 0 Å². The van der Waals surface area contributed by atoms with Crippen molar-refractivity contribution in [3.05, 3.63) is 29.3 Å². The Labute approximate surface area is 115 Å². The molecule has 0 radical (unpaired) electrons. The number of hydrogen-bond donors (Lipinski definition) is 1. The van der Waals surface area contributed by atoms with Crippen LogP contribution in [-0.2, 0) is 13.1 Å². The number of ether oxygens (including phenoxy) is 1. The van der Waals surface area contributed by atoms with Crippen molar-refractivity contribution in [2.45, 2.75) is 13.1 Å². The SMILES string of the molecule is CN1CCN(CCOc2cccc3c2CNC3)CC1. The molecule has 2 aliphatic heterocycles. The number of fused-ring (bicyclic) bond motifs is 1. The molecule has 4 heteroatoms. The molecule has 0 aliphatic carbocycles. The van der Waals surface area contributed by atoms with Crippen LogP contribution in [-0.4, -0.2) is 56.2 Å². The molecule has 0 spiro atoms. The molecule has 0 unspecified atom stereocenters. The van der Waals surface area contributed by atoms with Crippen LogP contribution >= 0.6 is 0 Å². The number of benzene rings is 1. The first-order valence-electron chi connectivity index (χ1n) is 7.18. The molecule has 2 heterocycles. The normalized spacial score (nSPS) is 20.5. The molecular weight excluding hydrogens is 238 g/mol. The summed E-state index contributed by atoms with van der Waals surface area (Å²) in [6, 6.07) is 6.37. The molecule has 3 rings (SSSR count). The summed E-state index contributed by atoms with van der Waals surface area (Å²) in [5.74, 6) is 1.07. The van der Waals surface area contributed by atoms with Gasteiger partial charge >= 0.3 is 0 Å². The summed E-state index contributed by atoms with van der Waals surface area (Å²) in [7, 11) is 2.19. The highest BCUT2D eigenvalue weighted by Gasteiger charge is 2.16. The summed E-state index contributed by atoms with van der Waals surface area (Å²) < 4.78 is 5.98. The lowest BCUT2D eigenvalue weighted by Gasteiger charge is -2.32. The summed E-state index contributed by atoms with van der Waals surface area (Å²) in [5.41, 5.74) is 2.73. The molecule has 4 nitrogen and oxygen atoms in total. The number of hydrogen-bond acceptors (Lipinski definition) is 4. The van der Waals surface area contributed by atoms with Crippen molar-refractivity contribution in [3.8, 4) is 5.75 Å². The quantitative estimate of drug-likeness (QED) is 0.872. The summed E-state index contributed by atoms with van der Waals surface area (Å²) in [5, 5.41) is 3.38. The van der Waals surface area contributed by atoms with Crippen LogP contribution in [0.1, 0.15) is 11.1 Å². The predicted molar refractivity (Wildman–Crippen MR) is 76.4 cm³/mol. The van der Waals surface area contributed by atoms with Crippen molar-refractivity contribution in [1.29, 1.82) is 0 Å². The van der Waals surface area contributed by atoms with Crippen LogP contribution in [0, 0.1) is 0 Å². The standard InChI is InChI=1S/C15H23N3O/c1-17-5-7-18(8-6-17)9-10-19-15-4-2-3-13-11-16-12-14(13)15/h2-4,16H,5-12H2,1H3. The number of likely N-dealkylation sites (N-methyl/N-ethyl adjacent to an activating group) is 1. The Morgan fingerprint density at radius 1 is 1.16 bits per heavy atom. The van der Waals surface area contributed by atoms with E-state index in [1.165, 1.54) is 24.2 Å². The smallest absolute Gasteiger partial charge is 0.124 e. The summed E-state index contributed by atoms with van der Waals surface area (Å²) >= 11 is 0. The number of rotatable bonds is 4. The van der Waals surface area contributed by atoms with E-state index >= 15 is 0 Å². The summed E-state index contributed by atoms with van der Waals surface area (Å²) in [4.78, 5) is 4.87. The molecule has 0 aromatic heterocycles. The van der Waals surface area contributed by atoms with Gasteiger partial charge in [0, 0.05) is 51.4 Å². The van der Waals surface area contributed by atoms with E-state index in [-0.39, 0.29) is 0 Å². The van der Waals surface area contributed by atoms with E-state index < -0.39 is 0 Å². The van der Waals surface area contributed by atoms with E-state index in [1.54, 1.807) is 0 Å². The van der Waals surface area contributed by atoms with Crippen molar-refractivity contribution < 1.29 is 4.74 Å². The lowest BCUT2D eigenvalue weighted by Crippen LogP contribution is -2.45. The average Bonchev–Trinajstić information content (AvgIpc) is 2.90. The van der Waals surface area contributed by atoms with Crippen molar-refractivity contribution in [3.63, 3.8) is 0 Å². The number of nitrogens with zero attached hydrogens (tertiary/aromatic N) is 2. The second-order valence-electron chi connectivity index (χ2n) is 5.49. The van der Waals surface area contributed by atoms with Gasteiger partial charge in [-0.25, -0.2) is 0 Å². The predicted octanol–water partition coefficient (Wildman–Crippen LogP) is 0.916. The Bertz CT molecular complexity index is 427. The van der Waals surface area contributed by atoms with Crippen molar-refractivity contribution in [2.75, 3.05) is 46.4 Å². The third-order valence-corrected chi connectivity index (χ3v) is 4.11. The van der Waals surface area contributed by atoms with Gasteiger partial charge in [-0.05, 0) is 18.7 Å². The highest BCUT2D eigenvalue weighted by atomic mass is 16.5. The molecule has 1 aromatic rings. The van der Waals surface area contributed by atoms with Gasteiger partial charge in [0.2, 0.25) is 0 Å². The van der Waals surface area contributed by atoms with Gasteiger partial charge in [0.1, 0.15) is 12.4 Å². The zero-order valence-electron chi connectivity index (χ0n) is 11.7. The van der Waals surface area contributed by atoms with Crippen LogP contribution in [0.15, 0.2) is 18.2 Å². The Kier molecular flexibility index (Phi) is 4.01. The number of nitrogens with one attached hydrogen (secondary N) is 1. The second kappa shape index (κ2) is 5.90. The molecule has 1 aromatic carbocycles. The first-order chi connectivity index (χ1) is 9.33. The topological polar surface area (TPSA) is 27.7 Å². The van der Waals surface area contributed by atoms with Gasteiger partial charge in [-0.2, -0.15) is 0 Å². The molecule has 0 bridgehead atoms. The molecular formula is C15H23N3O. The van der Waals surface area contributed by atoms with Crippen LogP contribution in [0.25, 0.3) is 0 Å². The lowest BCUT2D eigenvalue weighted by molar-refractivity contribution is 0.133. The van der Waals surface area contributed by atoms with Gasteiger partial charge in [0.25, 0.3) is 0 Å². The van der Waals surface area contributed by atoms with Crippen molar-refractivity contribution >= 4 is 0 Å². The van der Waals surface area contributed by atoms with Crippen molar-refractivity contribution in [2.24, 2.45) is 0 Å². The number of piperazine rings is 1. The summed E-state index contributed by atoms with van der Waals surface area (Å²) in [6.45, 7) is 8.41. The lowest BCUT2D eigenvalue weighted by atomic mass is 10.1. The largest absolute Gasteiger partial charge is 0.492 e. The minimum absolute atomic E-state index is 0.792. The fraction of sp³-hybridized carbons (Fsp3) is 0.600. The van der Waals surface area contributed by atoms with Crippen LogP contribution in [0.2, 0.25) is 0 Å². The fourth-order valence-corrected chi connectivity index (χ4v) is 2.79. The van der Waals surface area contributed by atoms with E-state index in [4.69, 9.17) is 4.74 Å². The van der Waals surface area contributed by atoms with Crippen LogP contribution < -0.4 is 10.1 Å². The van der Waals surface area contributed by atoms with E-state index in [1.807, 2.05) is 0 Å². The highest BCUT2D eigenvalue weighted by molar-refractivity contribution is 5.42. The fourth-order valence-electron chi connectivity index (χ4n) is 2.79. The Morgan fingerprint density at radius 2 is 2.00 bits per heavy atom. The van der Waals surface area contributed by atoms with Gasteiger partial charge in [-0.3, -0.25) is 4.90 Å². The first-order valence-corrected chi connectivity index (χ1v) is 7.18. The third-order valence-electron chi connectivity index (χ3n) is 4.11. The Balaban J connectivity index is 1.49. The molecule has 19 heavy (non-hydrogen) atoms. The molecule has 1 N–H and O–H groups in total. The zero-order valence-corrected chi connectivity index (χ0v) is 11.7. The highest BCUT2D eigenvalue weighted by Crippen LogP contribution is 2.26. The molecule has 0 saturated carbocycles. The van der Waals surface area contributed by atoms with E-state index in [2.05, 4.69) is 40.4 Å². The first kappa shape index (κ1) is 12.9. The average molecular weight is 261 g/mol. The summed E-state index contributed by atoms with van der Waals surface area (Å²) in [6.07, 6.45) is 0. The van der Waals surface area contributed by atoms with Gasteiger partial charge in [-0.15, -0.1) is 0 Å². The molecule has 1 fully saturated rings. The molecule has 2 aliphatic rings.